The SMILES string of the molecule is Cc1ccc(C(=O)c2ccc(Br)o2)cn1. The van der Waals surface area contributed by atoms with Crippen LogP contribution in [0.4, 0.5) is 0 Å². The van der Waals surface area contributed by atoms with Crippen LogP contribution in [0.25, 0.3) is 0 Å². The molecule has 3 nitrogen and oxygen atoms in total. The topological polar surface area (TPSA) is 43.1 Å². The van der Waals surface area contributed by atoms with Gasteiger partial charge in [-0.1, -0.05) is 0 Å². The van der Waals surface area contributed by atoms with Gasteiger partial charge in [0.15, 0.2) is 10.4 Å². The van der Waals surface area contributed by atoms with E-state index >= 15 is 0 Å². The summed E-state index contributed by atoms with van der Waals surface area (Å²) < 4.78 is 5.72. The van der Waals surface area contributed by atoms with Gasteiger partial charge >= 0.3 is 0 Å². The molecule has 0 aliphatic rings. The number of carbonyl (C=O) groups is 1. The fourth-order valence-corrected chi connectivity index (χ4v) is 1.49. The van der Waals surface area contributed by atoms with E-state index in [1.807, 2.05) is 6.92 Å². The highest BCUT2D eigenvalue weighted by Gasteiger charge is 2.12. The average molecular weight is 266 g/mol. The summed E-state index contributed by atoms with van der Waals surface area (Å²) in [6.07, 6.45) is 1.55. The predicted octanol–water partition coefficient (Wildman–Crippen LogP) is 2.98. The molecule has 0 unspecified atom stereocenters. The lowest BCUT2D eigenvalue weighted by Gasteiger charge is -1.97. The molecular formula is C11H8BrNO2. The summed E-state index contributed by atoms with van der Waals surface area (Å²) in [5, 5.41) is 0. The Morgan fingerprint density at radius 3 is 2.67 bits per heavy atom. The van der Waals surface area contributed by atoms with Crippen molar-refractivity contribution in [3.05, 3.63) is 52.1 Å². The molecule has 0 N–H and O–H groups in total. The predicted molar refractivity (Wildman–Crippen MR) is 58.8 cm³/mol. The molecule has 0 aliphatic heterocycles. The van der Waals surface area contributed by atoms with Gasteiger partial charge in [-0.05, 0) is 47.1 Å². The summed E-state index contributed by atoms with van der Waals surface area (Å²) >= 11 is 3.15. The van der Waals surface area contributed by atoms with Crippen LogP contribution in [0.5, 0.6) is 0 Å². The molecule has 76 valence electrons. The summed E-state index contributed by atoms with van der Waals surface area (Å²) in [6.45, 7) is 1.87. The lowest BCUT2D eigenvalue weighted by Crippen LogP contribution is -2.00. The van der Waals surface area contributed by atoms with Crippen molar-refractivity contribution in [1.29, 1.82) is 0 Å². The van der Waals surface area contributed by atoms with Gasteiger partial charge in [-0.15, -0.1) is 0 Å². The molecule has 0 radical (unpaired) electrons. The second-order valence-corrected chi connectivity index (χ2v) is 3.90. The molecule has 0 atom stereocenters. The molecule has 0 amide bonds. The smallest absolute Gasteiger partial charge is 0.229 e. The van der Waals surface area contributed by atoms with Crippen molar-refractivity contribution < 1.29 is 9.21 Å². The van der Waals surface area contributed by atoms with Crippen molar-refractivity contribution in [2.45, 2.75) is 6.92 Å². The first-order valence-corrected chi connectivity index (χ1v) is 5.19. The monoisotopic (exact) mass is 265 g/mol. The number of nitrogens with zero attached hydrogens (tertiary/aromatic N) is 1. The first-order chi connectivity index (χ1) is 7.16. The third-order valence-electron chi connectivity index (χ3n) is 1.97. The van der Waals surface area contributed by atoms with Crippen LogP contribution in [-0.2, 0) is 0 Å². The standard InChI is InChI=1S/C11H8BrNO2/c1-7-2-3-8(6-13-7)11(14)9-4-5-10(12)15-9/h2-6H,1H3. The van der Waals surface area contributed by atoms with Gasteiger partial charge in [0.05, 0.1) is 0 Å². The van der Waals surface area contributed by atoms with Gasteiger partial charge in [0.1, 0.15) is 0 Å². The summed E-state index contributed by atoms with van der Waals surface area (Å²) in [7, 11) is 0. The van der Waals surface area contributed by atoms with Crippen LogP contribution in [0.1, 0.15) is 21.8 Å². The van der Waals surface area contributed by atoms with Crippen LogP contribution in [0.15, 0.2) is 39.5 Å². The van der Waals surface area contributed by atoms with Crippen molar-refractivity contribution in [3.63, 3.8) is 0 Å². The summed E-state index contributed by atoms with van der Waals surface area (Å²) in [5.41, 5.74) is 1.41. The van der Waals surface area contributed by atoms with Crippen LogP contribution in [-0.4, -0.2) is 10.8 Å². The molecular weight excluding hydrogens is 258 g/mol. The minimum absolute atomic E-state index is 0.159. The minimum Gasteiger partial charge on any atom is -0.446 e. The van der Waals surface area contributed by atoms with E-state index < -0.39 is 0 Å². The Morgan fingerprint density at radius 1 is 1.33 bits per heavy atom. The van der Waals surface area contributed by atoms with Gasteiger partial charge < -0.3 is 4.42 Å². The number of aryl methyl sites for hydroxylation is 1. The van der Waals surface area contributed by atoms with Gasteiger partial charge in [0.2, 0.25) is 5.78 Å². The van der Waals surface area contributed by atoms with E-state index in [1.165, 1.54) is 0 Å². The Labute approximate surface area is 95.3 Å². The molecule has 2 aromatic rings. The van der Waals surface area contributed by atoms with E-state index in [2.05, 4.69) is 20.9 Å². The highest BCUT2D eigenvalue weighted by Crippen LogP contribution is 2.17. The second-order valence-electron chi connectivity index (χ2n) is 3.12. The van der Waals surface area contributed by atoms with E-state index in [0.717, 1.165) is 5.69 Å². The summed E-state index contributed by atoms with van der Waals surface area (Å²) in [4.78, 5) is 15.9. The Morgan fingerprint density at radius 2 is 2.13 bits per heavy atom. The Balaban J connectivity index is 2.32. The third-order valence-corrected chi connectivity index (χ3v) is 2.40. The second kappa shape index (κ2) is 3.98. The first kappa shape index (κ1) is 10.1. The average Bonchev–Trinajstić information content (AvgIpc) is 2.65. The van der Waals surface area contributed by atoms with E-state index in [4.69, 9.17) is 4.42 Å². The van der Waals surface area contributed by atoms with E-state index in [1.54, 1.807) is 30.5 Å². The molecule has 15 heavy (non-hydrogen) atoms. The van der Waals surface area contributed by atoms with Crippen LogP contribution in [0, 0.1) is 6.92 Å². The number of halogens is 1. The van der Waals surface area contributed by atoms with Gasteiger partial charge in [-0.3, -0.25) is 9.78 Å². The van der Waals surface area contributed by atoms with E-state index in [9.17, 15) is 4.79 Å². The lowest BCUT2D eigenvalue weighted by atomic mass is 10.1. The molecule has 0 saturated carbocycles. The molecule has 0 bridgehead atoms. The number of hydrogen-bond acceptors (Lipinski definition) is 3. The van der Waals surface area contributed by atoms with Crippen molar-refractivity contribution in [2.75, 3.05) is 0 Å². The molecule has 0 aromatic carbocycles. The zero-order chi connectivity index (χ0) is 10.8. The fraction of sp³-hybridized carbons (Fsp3) is 0.0909. The number of furan rings is 1. The number of carbonyl (C=O) groups excluding carboxylic acids is 1. The molecule has 2 aromatic heterocycles. The van der Waals surface area contributed by atoms with Crippen LogP contribution in [0.2, 0.25) is 0 Å². The lowest BCUT2D eigenvalue weighted by molar-refractivity contribution is 0.101. The maximum atomic E-state index is 11.8. The van der Waals surface area contributed by atoms with Crippen LogP contribution in [0.3, 0.4) is 0 Å². The van der Waals surface area contributed by atoms with Crippen molar-refractivity contribution >= 4 is 21.7 Å². The third kappa shape index (κ3) is 2.15. The van der Waals surface area contributed by atoms with Gasteiger partial charge in [0, 0.05) is 17.5 Å². The highest BCUT2D eigenvalue weighted by molar-refractivity contribution is 9.10. The Hall–Kier alpha value is -1.42. The minimum atomic E-state index is -0.159. The number of hydrogen-bond donors (Lipinski definition) is 0. The molecule has 2 heterocycles. The van der Waals surface area contributed by atoms with Crippen LogP contribution >= 0.6 is 15.9 Å². The van der Waals surface area contributed by atoms with Gasteiger partial charge in [-0.25, -0.2) is 0 Å². The highest BCUT2D eigenvalue weighted by atomic mass is 79.9. The number of ketones is 1. The molecule has 4 heteroatoms. The normalized spacial score (nSPS) is 10.3. The Kier molecular flexibility index (Phi) is 2.68. The maximum absolute atomic E-state index is 11.8. The fourth-order valence-electron chi connectivity index (χ4n) is 1.18. The van der Waals surface area contributed by atoms with Gasteiger partial charge in [-0.2, -0.15) is 0 Å². The summed E-state index contributed by atoms with van der Waals surface area (Å²) in [6, 6.07) is 6.85. The zero-order valence-electron chi connectivity index (χ0n) is 8.03. The molecule has 0 spiro atoms. The Bertz CT molecular complexity index is 488. The van der Waals surface area contributed by atoms with Crippen molar-refractivity contribution in [2.24, 2.45) is 0 Å². The molecule has 0 aliphatic carbocycles. The zero-order valence-corrected chi connectivity index (χ0v) is 9.61. The van der Waals surface area contributed by atoms with Crippen molar-refractivity contribution in [1.82, 2.24) is 4.98 Å². The number of aromatic nitrogens is 1. The van der Waals surface area contributed by atoms with Crippen LogP contribution < -0.4 is 0 Å². The quantitative estimate of drug-likeness (QED) is 0.785. The largest absolute Gasteiger partial charge is 0.446 e. The number of rotatable bonds is 2. The molecule has 0 fully saturated rings. The van der Waals surface area contributed by atoms with E-state index in [0.29, 0.717) is 16.0 Å². The van der Waals surface area contributed by atoms with Crippen molar-refractivity contribution in [3.8, 4) is 0 Å². The van der Waals surface area contributed by atoms with Gasteiger partial charge in [0.25, 0.3) is 0 Å². The molecule has 2 rings (SSSR count). The summed E-state index contributed by atoms with van der Waals surface area (Å²) in [5.74, 6) is 0.153. The maximum Gasteiger partial charge on any atom is 0.229 e. The van der Waals surface area contributed by atoms with E-state index in [-0.39, 0.29) is 5.78 Å². The number of pyridine rings is 1. The first-order valence-electron chi connectivity index (χ1n) is 4.39. The molecule has 0 saturated heterocycles.